The van der Waals surface area contributed by atoms with Crippen LogP contribution in [0.5, 0.6) is 0 Å². The number of alkyl halides is 1. The fourth-order valence-electron chi connectivity index (χ4n) is 1.49. The van der Waals surface area contributed by atoms with Crippen LogP contribution in [0.25, 0.3) is 0 Å². The molecule has 1 aromatic rings. The van der Waals surface area contributed by atoms with Crippen molar-refractivity contribution in [3.05, 3.63) is 48.6 Å². The number of hydrogen-bond donors (Lipinski definition) is 0. The van der Waals surface area contributed by atoms with Gasteiger partial charge < -0.3 is 4.74 Å². The van der Waals surface area contributed by atoms with Crippen LogP contribution in [0, 0.1) is 0 Å². The zero-order valence-corrected chi connectivity index (χ0v) is 13.0. The molecule has 1 rings (SSSR count). The van der Waals surface area contributed by atoms with Crippen molar-refractivity contribution >= 4 is 22.0 Å². The highest BCUT2D eigenvalue weighted by molar-refractivity contribution is 9.09. The SMILES string of the molecule is C=CCOC(=O)N(CCCCBr)OCc1ccccc1. The molecule has 0 bridgehead atoms. The van der Waals surface area contributed by atoms with Crippen molar-refractivity contribution in [2.45, 2.75) is 19.4 Å². The van der Waals surface area contributed by atoms with Gasteiger partial charge in [0.2, 0.25) is 0 Å². The van der Waals surface area contributed by atoms with Gasteiger partial charge in [0.15, 0.2) is 0 Å². The van der Waals surface area contributed by atoms with Crippen molar-refractivity contribution in [1.82, 2.24) is 5.06 Å². The van der Waals surface area contributed by atoms with E-state index in [0.717, 1.165) is 23.7 Å². The van der Waals surface area contributed by atoms with Crippen molar-refractivity contribution in [1.29, 1.82) is 0 Å². The number of hydroxylamine groups is 2. The first-order valence-corrected chi connectivity index (χ1v) is 7.68. The summed E-state index contributed by atoms with van der Waals surface area (Å²) in [5.41, 5.74) is 1.01. The average Bonchev–Trinajstić information content (AvgIpc) is 2.49. The third-order valence-electron chi connectivity index (χ3n) is 2.50. The molecular weight excluding hydrogens is 322 g/mol. The molecule has 0 aromatic heterocycles. The summed E-state index contributed by atoms with van der Waals surface area (Å²) < 4.78 is 5.00. The molecule has 0 N–H and O–H groups in total. The van der Waals surface area contributed by atoms with Crippen molar-refractivity contribution in [3.8, 4) is 0 Å². The van der Waals surface area contributed by atoms with Crippen molar-refractivity contribution in [3.63, 3.8) is 0 Å². The Morgan fingerprint density at radius 2 is 2.05 bits per heavy atom. The van der Waals surface area contributed by atoms with E-state index in [1.165, 1.54) is 11.1 Å². The predicted molar refractivity (Wildman–Crippen MR) is 82.5 cm³/mol. The van der Waals surface area contributed by atoms with Gasteiger partial charge in [0.25, 0.3) is 0 Å². The maximum Gasteiger partial charge on any atom is 0.434 e. The van der Waals surface area contributed by atoms with Gasteiger partial charge in [0.05, 0.1) is 6.54 Å². The largest absolute Gasteiger partial charge is 0.444 e. The van der Waals surface area contributed by atoms with Crippen LogP contribution in [0.3, 0.4) is 0 Å². The number of carbonyl (C=O) groups excluding carboxylic acids is 1. The van der Waals surface area contributed by atoms with E-state index in [2.05, 4.69) is 22.5 Å². The summed E-state index contributed by atoms with van der Waals surface area (Å²) in [5, 5.41) is 2.18. The lowest BCUT2D eigenvalue weighted by molar-refractivity contribution is -0.145. The molecule has 0 radical (unpaired) electrons. The van der Waals surface area contributed by atoms with Crippen molar-refractivity contribution < 1.29 is 14.4 Å². The van der Waals surface area contributed by atoms with E-state index in [1.807, 2.05) is 30.3 Å². The third-order valence-corrected chi connectivity index (χ3v) is 3.06. The Labute approximate surface area is 128 Å². The van der Waals surface area contributed by atoms with Gasteiger partial charge >= 0.3 is 6.09 Å². The van der Waals surface area contributed by atoms with E-state index in [1.54, 1.807) is 0 Å². The van der Waals surface area contributed by atoms with Gasteiger partial charge in [-0.25, -0.2) is 4.79 Å². The Morgan fingerprint density at radius 1 is 1.30 bits per heavy atom. The maximum atomic E-state index is 11.8. The number of benzene rings is 1. The first kappa shape index (κ1) is 16.7. The van der Waals surface area contributed by atoms with E-state index >= 15 is 0 Å². The number of nitrogens with zero attached hydrogens (tertiary/aromatic N) is 1. The molecule has 0 atom stereocenters. The summed E-state index contributed by atoms with van der Waals surface area (Å²) in [5.74, 6) is 0. The van der Waals surface area contributed by atoms with E-state index in [0.29, 0.717) is 13.2 Å². The zero-order valence-electron chi connectivity index (χ0n) is 11.5. The number of hydrogen-bond acceptors (Lipinski definition) is 3. The van der Waals surface area contributed by atoms with Crippen LogP contribution in [0.1, 0.15) is 18.4 Å². The van der Waals surface area contributed by atoms with E-state index in [4.69, 9.17) is 9.57 Å². The van der Waals surface area contributed by atoms with Crippen LogP contribution in [-0.2, 0) is 16.2 Å². The smallest absolute Gasteiger partial charge is 0.434 e. The third kappa shape index (κ3) is 6.73. The van der Waals surface area contributed by atoms with Gasteiger partial charge in [-0.3, -0.25) is 4.84 Å². The first-order valence-electron chi connectivity index (χ1n) is 6.56. The van der Waals surface area contributed by atoms with Gasteiger partial charge in [-0.05, 0) is 18.4 Å². The number of ether oxygens (including phenoxy) is 1. The second-order valence-corrected chi connectivity index (χ2v) is 4.92. The fourth-order valence-corrected chi connectivity index (χ4v) is 1.88. The molecule has 5 heteroatoms. The Hall–Kier alpha value is -1.33. The second kappa shape index (κ2) is 10.5. The highest BCUT2D eigenvalue weighted by Gasteiger charge is 2.15. The van der Waals surface area contributed by atoms with E-state index < -0.39 is 6.09 Å². The molecule has 0 aliphatic carbocycles. The molecule has 20 heavy (non-hydrogen) atoms. The summed E-state index contributed by atoms with van der Waals surface area (Å²) in [4.78, 5) is 17.4. The molecular formula is C15H20BrNO3. The number of amides is 1. The number of unbranched alkanes of at least 4 members (excludes halogenated alkanes) is 1. The summed E-state index contributed by atoms with van der Waals surface area (Å²) >= 11 is 3.37. The van der Waals surface area contributed by atoms with Crippen LogP contribution < -0.4 is 0 Å². The van der Waals surface area contributed by atoms with Gasteiger partial charge in [-0.15, -0.1) is 0 Å². The van der Waals surface area contributed by atoms with Crippen LogP contribution in [0.15, 0.2) is 43.0 Å². The normalized spacial score (nSPS) is 10.1. The molecule has 4 nitrogen and oxygen atoms in total. The number of carbonyl (C=O) groups is 1. The van der Waals surface area contributed by atoms with E-state index in [9.17, 15) is 4.79 Å². The Balaban J connectivity index is 2.48. The molecule has 0 heterocycles. The molecule has 0 fully saturated rings. The highest BCUT2D eigenvalue weighted by Crippen LogP contribution is 2.07. The van der Waals surface area contributed by atoms with Crippen LogP contribution in [0.4, 0.5) is 4.79 Å². The van der Waals surface area contributed by atoms with Crippen molar-refractivity contribution in [2.24, 2.45) is 0 Å². The minimum Gasteiger partial charge on any atom is -0.444 e. The Kier molecular flexibility index (Phi) is 8.74. The number of rotatable bonds is 9. The zero-order chi connectivity index (χ0) is 14.6. The lowest BCUT2D eigenvalue weighted by atomic mass is 10.2. The molecule has 0 saturated heterocycles. The lowest BCUT2D eigenvalue weighted by Crippen LogP contribution is -2.32. The van der Waals surface area contributed by atoms with Crippen LogP contribution in [0.2, 0.25) is 0 Å². The van der Waals surface area contributed by atoms with Crippen LogP contribution in [-0.4, -0.2) is 29.6 Å². The summed E-state index contributed by atoms with van der Waals surface area (Å²) in [6.07, 6.45) is 2.88. The van der Waals surface area contributed by atoms with Gasteiger partial charge in [0, 0.05) is 5.33 Å². The quantitative estimate of drug-likeness (QED) is 0.296. The van der Waals surface area contributed by atoms with Gasteiger partial charge in [-0.2, -0.15) is 5.06 Å². The van der Waals surface area contributed by atoms with Gasteiger partial charge in [-0.1, -0.05) is 58.9 Å². The first-order chi connectivity index (χ1) is 9.77. The minimum atomic E-state index is -0.476. The molecule has 0 saturated carbocycles. The second-order valence-electron chi connectivity index (χ2n) is 4.12. The summed E-state index contributed by atoms with van der Waals surface area (Å²) in [6, 6.07) is 9.71. The standard InChI is InChI=1S/C15H20BrNO3/c1-2-12-19-15(18)17(11-7-6-10-16)20-13-14-8-4-3-5-9-14/h2-5,8-9H,1,6-7,10-13H2. The summed E-state index contributed by atoms with van der Waals surface area (Å²) in [7, 11) is 0. The average molecular weight is 342 g/mol. The Bertz CT molecular complexity index is 397. The van der Waals surface area contributed by atoms with Crippen molar-refractivity contribution in [2.75, 3.05) is 18.5 Å². The monoisotopic (exact) mass is 341 g/mol. The highest BCUT2D eigenvalue weighted by atomic mass is 79.9. The molecule has 0 spiro atoms. The van der Waals surface area contributed by atoms with E-state index in [-0.39, 0.29) is 6.61 Å². The minimum absolute atomic E-state index is 0.183. The molecule has 0 aliphatic rings. The maximum absolute atomic E-state index is 11.8. The number of halogens is 1. The molecule has 0 unspecified atom stereocenters. The van der Waals surface area contributed by atoms with Crippen LogP contribution >= 0.6 is 15.9 Å². The van der Waals surface area contributed by atoms with Gasteiger partial charge in [0.1, 0.15) is 13.2 Å². The lowest BCUT2D eigenvalue weighted by Gasteiger charge is -2.21. The fraction of sp³-hybridized carbons (Fsp3) is 0.400. The molecule has 1 aromatic carbocycles. The summed E-state index contributed by atoms with van der Waals surface area (Å²) in [6.45, 7) is 4.56. The topological polar surface area (TPSA) is 38.8 Å². The molecule has 0 aliphatic heterocycles. The molecule has 110 valence electrons. The Morgan fingerprint density at radius 3 is 2.70 bits per heavy atom. The molecule has 1 amide bonds. The predicted octanol–water partition coefficient (Wildman–Crippen LogP) is 3.92.